The van der Waals surface area contributed by atoms with Crippen molar-refractivity contribution in [2.24, 2.45) is 29.0 Å². The standard InChI is InChI=1S/C42H68N12O15/c1-6-20(4)32(39(66)52-31(19(2)3)38(65)48-25(13-14-29(44)58)35(62)49-26(41(68)69)8-7-15-47-42(45)46)53-37(64)28(18-55)51-40(67)33(21(5)56)54-36(63)27(17-30(59)60)50-34(61)24(43)16-22-9-11-23(57)12-10-22/h9-12,19-21,24-28,31-33,55-57H,6-8,13-18,43H2,1-5H3,(H2,44,58)(H,48,65)(H,49,62)(H,50,61)(H,51,67)(H,52,66)(H,53,64)(H,54,63)(H,59,60)(H,68,69)(H4,45,46,47)/t20-,21+,24-,25-,26-,27-,28-,31-,32-,33-/m0/s1. The highest BCUT2D eigenvalue weighted by atomic mass is 16.4. The Kier molecular flexibility index (Phi) is 25.7. The molecule has 0 saturated carbocycles. The zero-order valence-corrected chi connectivity index (χ0v) is 39.1. The van der Waals surface area contributed by atoms with Crippen LogP contribution in [0.1, 0.15) is 78.7 Å². The molecule has 386 valence electrons. The second-order valence-corrected chi connectivity index (χ2v) is 16.7. The van der Waals surface area contributed by atoms with Crippen LogP contribution < -0.4 is 59.7 Å². The molecule has 0 unspecified atom stereocenters. The van der Waals surface area contributed by atoms with E-state index in [2.05, 4.69) is 42.5 Å². The lowest BCUT2D eigenvalue weighted by molar-refractivity contribution is -0.143. The molecule has 0 aliphatic heterocycles. The summed E-state index contributed by atoms with van der Waals surface area (Å²) in [6, 6.07) is -7.00. The van der Waals surface area contributed by atoms with Crippen molar-refractivity contribution in [3.8, 4) is 5.75 Å². The number of aliphatic hydroxyl groups is 2. The van der Waals surface area contributed by atoms with Gasteiger partial charge in [0, 0.05) is 13.0 Å². The minimum atomic E-state index is -1.91. The Morgan fingerprint density at radius 1 is 0.652 bits per heavy atom. The number of carbonyl (C=O) groups excluding carboxylic acids is 8. The van der Waals surface area contributed by atoms with Crippen molar-refractivity contribution in [1.82, 2.24) is 42.5 Å². The summed E-state index contributed by atoms with van der Waals surface area (Å²) < 4.78 is 0. The third kappa shape index (κ3) is 21.6. The van der Waals surface area contributed by atoms with E-state index in [1.165, 1.54) is 38.1 Å². The number of nitrogens with one attached hydrogen (secondary N) is 9. The first kappa shape index (κ1) is 59.9. The van der Waals surface area contributed by atoms with Crippen LogP contribution in [0.15, 0.2) is 24.3 Å². The first-order valence-electron chi connectivity index (χ1n) is 22.0. The molecule has 0 aliphatic carbocycles. The van der Waals surface area contributed by atoms with Gasteiger partial charge in [-0.3, -0.25) is 48.6 Å². The molecule has 0 saturated heterocycles. The van der Waals surface area contributed by atoms with E-state index in [9.17, 15) is 73.5 Å². The van der Waals surface area contributed by atoms with E-state index in [1.54, 1.807) is 13.8 Å². The predicted octanol–water partition coefficient (Wildman–Crippen LogP) is -5.18. The van der Waals surface area contributed by atoms with Crippen LogP contribution in [-0.2, 0) is 54.4 Å². The van der Waals surface area contributed by atoms with Gasteiger partial charge in [0.25, 0.3) is 0 Å². The van der Waals surface area contributed by atoms with Crippen molar-refractivity contribution in [3.05, 3.63) is 29.8 Å². The van der Waals surface area contributed by atoms with Gasteiger partial charge in [-0.1, -0.05) is 46.2 Å². The number of guanidine groups is 1. The highest BCUT2D eigenvalue weighted by Gasteiger charge is 2.37. The van der Waals surface area contributed by atoms with E-state index in [0.29, 0.717) is 5.56 Å². The van der Waals surface area contributed by atoms with Crippen LogP contribution in [0, 0.1) is 17.2 Å². The number of aliphatic hydroxyl groups excluding tert-OH is 2. The fourth-order valence-corrected chi connectivity index (χ4v) is 6.37. The maximum atomic E-state index is 13.9. The summed E-state index contributed by atoms with van der Waals surface area (Å²) in [6.45, 7) is 6.40. The number of carbonyl (C=O) groups is 10. The number of amides is 8. The highest BCUT2D eigenvalue weighted by Crippen LogP contribution is 2.13. The lowest BCUT2D eigenvalue weighted by atomic mass is 9.96. The summed E-state index contributed by atoms with van der Waals surface area (Å²) in [6.07, 6.45) is -3.24. The first-order chi connectivity index (χ1) is 32.2. The first-order valence-corrected chi connectivity index (χ1v) is 22.0. The molecule has 1 aromatic carbocycles. The zero-order valence-electron chi connectivity index (χ0n) is 39.1. The molecule has 10 atom stereocenters. The van der Waals surface area contributed by atoms with Gasteiger partial charge in [0.1, 0.15) is 48.0 Å². The SMILES string of the molecule is CC[C@H](C)[C@H](NC(=O)[C@H](CO)NC(=O)[C@@H](NC(=O)[C@H](CC(=O)O)NC(=O)[C@@H](N)Cc1ccc(O)cc1)[C@@H](C)O)C(=O)N[C@H](C(=O)N[C@@H](CCC(N)=O)C(=O)N[C@@H](CCCNC(=N)N)C(=O)O)C(C)C. The molecule has 0 aliphatic rings. The Morgan fingerprint density at radius 3 is 1.65 bits per heavy atom. The van der Waals surface area contributed by atoms with Gasteiger partial charge in [0.05, 0.1) is 25.2 Å². The second-order valence-electron chi connectivity index (χ2n) is 16.7. The molecule has 1 aromatic rings. The molecule has 0 bridgehead atoms. The summed E-state index contributed by atoms with van der Waals surface area (Å²) in [5.41, 5.74) is 17.0. The minimum absolute atomic E-state index is 0.0434. The Bertz CT molecular complexity index is 1970. The predicted molar refractivity (Wildman–Crippen MR) is 244 cm³/mol. The van der Waals surface area contributed by atoms with Crippen molar-refractivity contribution in [2.45, 2.75) is 134 Å². The largest absolute Gasteiger partial charge is 0.508 e. The highest BCUT2D eigenvalue weighted by molar-refractivity contribution is 5.98. The third-order valence-electron chi connectivity index (χ3n) is 10.6. The zero-order chi connectivity index (χ0) is 52.7. The summed E-state index contributed by atoms with van der Waals surface area (Å²) in [5.74, 6) is -13.0. The molecule has 1 rings (SSSR count). The van der Waals surface area contributed by atoms with E-state index in [1.807, 2.05) is 0 Å². The number of aromatic hydroxyl groups is 1. The number of benzene rings is 1. The molecular weight excluding hydrogens is 913 g/mol. The molecule has 0 aromatic heterocycles. The number of phenolic OH excluding ortho intramolecular Hbond substituents is 1. The number of nitrogens with two attached hydrogens (primary N) is 3. The Morgan fingerprint density at radius 2 is 1.14 bits per heavy atom. The van der Waals surface area contributed by atoms with Crippen LogP contribution in [0.5, 0.6) is 5.75 Å². The number of hydrogen-bond donors (Lipinski definition) is 17. The van der Waals surface area contributed by atoms with E-state index in [-0.39, 0.29) is 50.4 Å². The number of carboxylic acids is 2. The summed E-state index contributed by atoms with van der Waals surface area (Å²) >= 11 is 0. The van der Waals surface area contributed by atoms with Gasteiger partial charge in [-0.2, -0.15) is 0 Å². The quantitative estimate of drug-likeness (QED) is 0.0188. The monoisotopic (exact) mass is 980 g/mol. The molecule has 0 spiro atoms. The fraction of sp³-hybridized carbons (Fsp3) is 0.595. The lowest BCUT2D eigenvalue weighted by Gasteiger charge is -2.30. The molecule has 20 N–H and O–H groups in total. The number of rotatable bonds is 31. The summed E-state index contributed by atoms with van der Waals surface area (Å²) in [5, 5.41) is 75.2. The molecule has 0 fully saturated rings. The van der Waals surface area contributed by atoms with Gasteiger partial charge in [-0.15, -0.1) is 0 Å². The number of carboxylic acid groups (broad SMARTS) is 2. The smallest absolute Gasteiger partial charge is 0.326 e. The fourth-order valence-electron chi connectivity index (χ4n) is 6.37. The van der Waals surface area contributed by atoms with Crippen LogP contribution >= 0.6 is 0 Å². The van der Waals surface area contributed by atoms with Crippen molar-refractivity contribution in [1.29, 1.82) is 5.41 Å². The number of aliphatic carboxylic acids is 2. The molecule has 0 radical (unpaired) electrons. The molecule has 69 heavy (non-hydrogen) atoms. The van der Waals surface area contributed by atoms with Crippen LogP contribution in [0.25, 0.3) is 0 Å². The lowest BCUT2D eigenvalue weighted by Crippen LogP contribution is -2.63. The summed E-state index contributed by atoms with van der Waals surface area (Å²) in [4.78, 5) is 129. The minimum Gasteiger partial charge on any atom is -0.508 e. The van der Waals surface area contributed by atoms with Crippen LogP contribution in [0.4, 0.5) is 0 Å². The van der Waals surface area contributed by atoms with E-state index >= 15 is 0 Å². The van der Waals surface area contributed by atoms with Crippen molar-refractivity contribution >= 4 is 65.2 Å². The van der Waals surface area contributed by atoms with E-state index in [4.69, 9.17) is 22.6 Å². The number of hydrogen-bond acceptors (Lipinski definition) is 15. The van der Waals surface area contributed by atoms with Crippen molar-refractivity contribution < 1.29 is 73.5 Å². The van der Waals surface area contributed by atoms with E-state index in [0.717, 1.165) is 6.92 Å². The molecule has 0 heterocycles. The Balaban J connectivity index is 3.22. The molecular formula is C42H68N12O15. The molecule has 27 heteroatoms. The van der Waals surface area contributed by atoms with Gasteiger partial charge in [0.2, 0.25) is 47.3 Å². The van der Waals surface area contributed by atoms with Gasteiger partial charge in [0.15, 0.2) is 5.96 Å². The second kappa shape index (κ2) is 29.6. The average Bonchev–Trinajstić information content (AvgIpc) is 3.26. The summed E-state index contributed by atoms with van der Waals surface area (Å²) in [7, 11) is 0. The molecule has 8 amide bonds. The van der Waals surface area contributed by atoms with Crippen molar-refractivity contribution in [2.75, 3.05) is 13.2 Å². The average molecular weight is 981 g/mol. The maximum absolute atomic E-state index is 13.9. The number of phenols is 1. The van der Waals surface area contributed by atoms with Crippen LogP contribution in [-0.4, -0.2) is 158 Å². The Labute approximate surface area is 397 Å². The van der Waals surface area contributed by atoms with Crippen LogP contribution in [0.2, 0.25) is 0 Å². The van der Waals surface area contributed by atoms with Gasteiger partial charge < -0.3 is 85.3 Å². The van der Waals surface area contributed by atoms with Gasteiger partial charge in [-0.25, -0.2) is 4.79 Å². The maximum Gasteiger partial charge on any atom is 0.326 e. The number of primary amides is 1. The van der Waals surface area contributed by atoms with Crippen molar-refractivity contribution in [3.63, 3.8) is 0 Å². The van der Waals surface area contributed by atoms with Crippen LogP contribution in [0.3, 0.4) is 0 Å². The normalized spacial score (nSPS) is 15.4. The van der Waals surface area contributed by atoms with Gasteiger partial charge >= 0.3 is 11.9 Å². The third-order valence-corrected chi connectivity index (χ3v) is 10.6. The van der Waals surface area contributed by atoms with Gasteiger partial charge in [-0.05, 0) is 62.1 Å². The Hall–Kier alpha value is -7.13. The molecule has 27 nitrogen and oxygen atoms in total. The van der Waals surface area contributed by atoms with E-state index < -0.39 is 145 Å². The topological polar surface area (TPSA) is 470 Å².